The van der Waals surface area contributed by atoms with Crippen LogP contribution in [0.5, 0.6) is 0 Å². The molecular weight excluding hydrogens is 448 g/mol. The molecule has 0 aliphatic carbocycles. The first-order valence-electron chi connectivity index (χ1n) is 12.7. The third-order valence-electron chi connectivity index (χ3n) is 7.21. The van der Waals surface area contributed by atoms with Gasteiger partial charge in [0.2, 0.25) is 5.91 Å². The predicted molar refractivity (Wildman–Crippen MR) is 149 cm³/mol. The number of ether oxygens (including phenoxy) is 2. The number of carbonyl (C=O) groups excluding carboxylic acids is 1. The van der Waals surface area contributed by atoms with Gasteiger partial charge < -0.3 is 15.2 Å². The van der Waals surface area contributed by atoms with Crippen molar-refractivity contribution in [2.75, 3.05) is 26.8 Å². The van der Waals surface area contributed by atoms with Crippen LogP contribution < -0.4 is 5.73 Å². The van der Waals surface area contributed by atoms with Crippen LogP contribution in [0.25, 0.3) is 0 Å². The van der Waals surface area contributed by atoms with Crippen molar-refractivity contribution in [2.45, 2.75) is 64.5 Å². The lowest BCUT2D eigenvalue weighted by molar-refractivity contribution is -0.123. The van der Waals surface area contributed by atoms with Crippen LogP contribution in [0.2, 0.25) is 0 Å². The number of methoxy groups -OCH3 is 1. The van der Waals surface area contributed by atoms with E-state index in [2.05, 4.69) is 25.3 Å². The number of primary amides is 1. The number of likely N-dealkylation sites (tertiary alicyclic amines) is 1. The van der Waals surface area contributed by atoms with Gasteiger partial charge in [0.15, 0.2) is 0 Å². The average molecular weight is 493 g/mol. The summed E-state index contributed by atoms with van der Waals surface area (Å²) in [6.07, 6.45) is 3.43. The Hall–Kier alpha value is -2.89. The summed E-state index contributed by atoms with van der Waals surface area (Å²) in [6, 6.07) is 19.9. The van der Waals surface area contributed by atoms with Crippen molar-refractivity contribution in [3.05, 3.63) is 95.8 Å². The van der Waals surface area contributed by atoms with Gasteiger partial charge in [0.25, 0.3) is 0 Å². The van der Waals surface area contributed by atoms with Crippen LogP contribution in [-0.4, -0.2) is 49.3 Å². The molecule has 0 atom stereocenters. The molecule has 1 fully saturated rings. The number of hydrogen-bond acceptors (Lipinski definition) is 4. The van der Waals surface area contributed by atoms with Gasteiger partial charge >= 0.3 is 0 Å². The van der Waals surface area contributed by atoms with Crippen LogP contribution in [0.4, 0.5) is 0 Å². The quantitative estimate of drug-likeness (QED) is 0.316. The largest absolute Gasteiger partial charge is 0.501 e. The van der Waals surface area contributed by atoms with Crippen molar-refractivity contribution in [3.8, 4) is 0 Å². The Balaban J connectivity index is 0.00000145. The van der Waals surface area contributed by atoms with Crippen molar-refractivity contribution in [3.63, 3.8) is 0 Å². The van der Waals surface area contributed by atoms with Crippen molar-refractivity contribution in [1.82, 2.24) is 4.90 Å². The molecule has 196 valence electrons. The topological polar surface area (TPSA) is 64.8 Å². The molecule has 1 heterocycles. The van der Waals surface area contributed by atoms with Gasteiger partial charge in [-0.3, -0.25) is 9.69 Å². The summed E-state index contributed by atoms with van der Waals surface area (Å²) in [5, 5.41) is 0. The SMILES string of the molecule is C=CC.CO/C(C)=C(\C)COC1CN(C(C)(C)CCC(C(N)=O)(c2ccccc2)c2ccccc2)C1. The Bertz CT molecular complexity index is 953. The fraction of sp³-hybridized carbons (Fsp3) is 0.452. The van der Waals surface area contributed by atoms with Crippen LogP contribution >= 0.6 is 0 Å². The molecule has 2 N–H and O–H groups in total. The molecule has 0 bridgehead atoms. The summed E-state index contributed by atoms with van der Waals surface area (Å²) in [5.41, 5.74) is 8.19. The van der Waals surface area contributed by atoms with Gasteiger partial charge in [-0.2, -0.15) is 0 Å². The maximum atomic E-state index is 13.0. The van der Waals surface area contributed by atoms with Gasteiger partial charge in [-0.1, -0.05) is 66.7 Å². The number of amides is 1. The highest BCUT2D eigenvalue weighted by Crippen LogP contribution is 2.40. The second-order valence-electron chi connectivity index (χ2n) is 10.1. The van der Waals surface area contributed by atoms with Gasteiger partial charge in [-0.25, -0.2) is 0 Å². The first kappa shape index (κ1) is 29.3. The minimum Gasteiger partial charge on any atom is -0.501 e. The minimum absolute atomic E-state index is 0.0859. The predicted octanol–water partition coefficient (Wildman–Crippen LogP) is 5.85. The molecule has 2 aromatic carbocycles. The zero-order valence-electron chi connectivity index (χ0n) is 22.9. The second kappa shape index (κ2) is 13.4. The zero-order valence-corrected chi connectivity index (χ0v) is 22.9. The molecule has 0 unspecified atom stereocenters. The third kappa shape index (κ3) is 7.08. The van der Waals surface area contributed by atoms with Crippen LogP contribution in [0.15, 0.2) is 84.7 Å². The number of allylic oxidation sites excluding steroid dienone is 2. The van der Waals surface area contributed by atoms with Crippen LogP contribution in [0.3, 0.4) is 0 Å². The zero-order chi connectivity index (χ0) is 26.8. The monoisotopic (exact) mass is 492 g/mol. The van der Waals surface area contributed by atoms with Gasteiger partial charge in [0.05, 0.1) is 31.0 Å². The molecule has 1 amide bonds. The van der Waals surface area contributed by atoms with E-state index in [4.69, 9.17) is 15.2 Å². The molecule has 2 aromatic rings. The molecule has 1 saturated heterocycles. The molecule has 36 heavy (non-hydrogen) atoms. The second-order valence-corrected chi connectivity index (χ2v) is 10.1. The summed E-state index contributed by atoms with van der Waals surface area (Å²) in [4.78, 5) is 15.5. The van der Waals surface area contributed by atoms with Crippen LogP contribution in [0, 0.1) is 0 Å². The molecule has 5 heteroatoms. The highest BCUT2D eigenvalue weighted by Gasteiger charge is 2.44. The van der Waals surface area contributed by atoms with E-state index in [0.29, 0.717) is 13.0 Å². The van der Waals surface area contributed by atoms with E-state index in [1.807, 2.05) is 81.4 Å². The normalized spacial score (nSPS) is 15.2. The smallest absolute Gasteiger partial charge is 0.232 e. The lowest BCUT2D eigenvalue weighted by Gasteiger charge is -2.50. The van der Waals surface area contributed by atoms with Gasteiger partial charge in [0, 0.05) is 18.6 Å². The van der Waals surface area contributed by atoms with E-state index < -0.39 is 5.41 Å². The molecule has 1 aliphatic heterocycles. The summed E-state index contributed by atoms with van der Waals surface area (Å²) in [7, 11) is 1.68. The van der Waals surface area contributed by atoms with E-state index in [9.17, 15) is 4.79 Å². The molecule has 0 saturated carbocycles. The summed E-state index contributed by atoms with van der Waals surface area (Å²) >= 11 is 0. The molecule has 1 aliphatic rings. The fourth-order valence-electron chi connectivity index (χ4n) is 4.52. The van der Waals surface area contributed by atoms with Crippen molar-refractivity contribution < 1.29 is 14.3 Å². The van der Waals surface area contributed by atoms with Crippen LogP contribution in [-0.2, 0) is 19.7 Å². The first-order chi connectivity index (χ1) is 17.1. The number of carbonyl (C=O) groups is 1. The third-order valence-corrected chi connectivity index (χ3v) is 7.21. The maximum absolute atomic E-state index is 13.0. The summed E-state index contributed by atoms with van der Waals surface area (Å²) in [5.74, 6) is 0.604. The van der Waals surface area contributed by atoms with Crippen molar-refractivity contribution in [2.24, 2.45) is 5.73 Å². The molecule has 3 rings (SSSR count). The number of benzene rings is 2. The van der Waals surface area contributed by atoms with Gasteiger partial charge in [0.1, 0.15) is 0 Å². The number of nitrogens with zero attached hydrogens (tertiary/aromatic N) is 1. The van der Waals surface area contributed by atoms with E-state index in [1.54, 1.807) is 13.2 Å². The van der Waals surface area contributed by atoms with E-state index in [-0.39, 0.29) is 17.6 Å². The Morgan fingerprint density at radius 3 is 1.92 bits per heavy atom. The van der Waals surface area contributed by atoms with Crippen LogP contribution in [0.1, 0.15) is 58.6 Å². The van der Waals surface area contributed by atoms with Gasteiger partial charge in [-0.15, -0.1) is 6.58 Å². The van der Waals surface area contributed by atoms with Crippen molar-refractivity contribution in [1.29, 1.82) is 0 Å². The van der Waals surface area contributed by atoms with E-state index in [0.717, 1.165) is 42.0 Å². The Labute approximate surface area is 218 Å². The summed E-state index contributed by atoms with van der Waals surface area (Å²) in [6.45, 7) is 16.1. The molecule has 0 radical (unpaired) electrons. The Morgan fingerprint density at radius 1 is 1.03 bits per heavy atom. The first-order valence-corrected chi connectivity index (χ1v) is 12.7. The van der Waals surface area contributed by atoms with Gasteiger partial charge in [-0.05, 0) is 64.2 Å². The lowest BCUT2D eigenvalue weighted by atomic mass is 9.69. The molecular formula is C31H44N2O3. The Morgan fingerprint density at radius 2 is 1.50 bits per heavy atom. The molecule has 0 aromatic heterocycles. The number of hydrogen-bond donors (Lipinski definition) is 1. The average Bonchev–Trinajstić information content (AvgIpc) is 2.84. The fourth-order valence-corrected chi connectivity index (χ4v) is 4.52. The number of nitrogens with two attached hydrogens (primary N) is 1. The molecule has 5 nitrogen and oxygen atoms in total. The molecule has 0 spiro atoms. The Kier molecular flexibility index (Phi) is 10.9. The lowest BCUT2D eigenvalue weighted by Crippen LogP contribution is -2.61. The highest BCUT2D eigenvalue weighted by molar-refractivity contribution is 5.90. The van der Waals surface area contributed by atoms with E-state index in [1.165, 1.54) is 0 Å². The minimum atomic E-state index is -0.861. The summed E-state index contributed by atoms with van der Waals surface area (Å²) < 4.78 is 11.3. The highest BCUT2D eigenvalue weighted by atomic mass is 16.5. The number of rotatable bonds is 11. The van der Waals surface area contributed by atoms with Crippen molar-refractivity contribution >= 4 is 5.91 Å². The maximum Gasteiger partial charge on any atom is 0.232 e. The standard InChI is InChI=1S/C28H38N2O3.C3H6/c1-21(22(2)32-5)20-33-25-18-30(19-25)27(3,4)16-17-28(26(29)31,23-12-8-6-9-13-23)24-14-10-7-11-15-24;1-3-2/h6-15,25H,16-20H2,1-5H3,(H2,29,31);3H,1H2,2H3/b22-21+;. The van der Waals surface area contributed by atoms with E-state index >= 15 is 0 Å².